The van der Waals surface area contributed by atoms with Gasteiger partial charge in [-0.1, -0.05) is 19.3 Å². The van der Waals surface area contributed by atoms with Crippen molar-refractivity contribution in [2.24, 2.45) is 0 Å². The molecule has 2 fully saturated rings. The van der Waals surface area contributed by atoms with Crippen molar-refractivity contribution in [2.75, 3.05) is 6.61 Å². The second kappa shape index (κ2) is 3.70. The highest BCUT2D eigenvalue weighted by Crippen LogP contribution is 2.24. The van der Waals surface area contributed by atoms with Crippen LogP contribution in [0.2, 0.25) is 0 Å². The Hall–Kier alpha value is -0.160. The fourth-order valence-corrected chi connectivity index (χ4v) is 1.58. The molecule has 0 aromatic rings. The molecule has 1 saturated heterocycles. The number of hydrogen-bond donors (Lipinski definition) is 0. The van der Waals surface area contributed by atoms with Crippen LogP contribution in [-0.4, -0.2) is 24.1 Å². The van der Waals surface area contributed by atoms with Crippen LogP contribution in [0.3, 0.4) is 0 Å². The van der Waals surface area contributed by atoms with Gasteiger partial charge in [0.2, 0.25) is 0 Å². The highest BCUT2D eigenvalue weighted by Gasteiger charge is 2.27. The third-order valence-corrected chi connectivity index (χ3v) is 2.39. The molecule has 0 aromatic carbocycles. The molecule has 12 heavy (non-hydrogen) atoms. The van der Waals surface area contributed by atoms with Crippen molar-refractivity contribution >= 4 is 0 Å². The summed E-state index contributed by atoms with van der Waals surface area (Å²) in [6.45, 7) is 0.649. The van der Waals surface area contributed by atoms with Gasteiger partial charge in [0.05, 0.1) is 12.7 Å². The van der Waals surface area contributed by atoms with Crippen LogP contribution in [0.1, 0.15) is 32.1 Å². The molecule has 1 unspecified atom stereocenters. The van der Waals surface area contributed by atoms with Gasteiger partial charge >= 0.3 is 0 Å². The summed E-state index contributed by atoms with van der Waals surface area (Å²) in [5, 5.41) is 1.12. The molecule has 1 atom stereocenters. The lowest BCUT2D eigenvalue weighted by Crippen LogP contribution is -2.27. The molecule has 70 valence electrons. The first-order chi connectivity index (χ1) is 5.86. The Balaban J connectivity index is 1.69. The second-order valence-electron chi connectivity index (χ2n) is 3.48. The molecule has 0 aromatic heterocycles. The van der Waals surface area contributed by atoms with Crippen LogP contribution >= 0.6 is 0 Å². The standard InChI is InChI=1S/C8H15N2O2/c9-10(8-6-11-8)12-7-4-2-1-3-5-7/h7-9H,1-6H2/q-1. The van der Waals surface area contributed by atoms with Crippen molar-refractivity contribution < 1.29 is 9.57 Å². The molecule has 4 nitrogen and oxygen atoms in total. The Morgan fingerprint density at radius 3 is 2.50 bits per heavy atom. The number of epoxide rings is 1. The second-order valence-corrected chi connectivity index (χ2v) is 3.48. The van der Waals surface area contributed by atoms with Gasteiger partial charge in [-0.05, 0) is 12.8 Å². The van der Waals surface area contributed by atoms with Gasteiger partial charge < -0.3 is 15.4 Å². The number of rotatable bonds is 3. The summed E-state index contributed by atoms with van der Waals surface area (Å²) in [6, 6.07) is 0. The minimum atomic E-state index is -0.0908. The summed E-state index contributed by atoms with van der Waals surface area (Å²) in [5.41, 5.74) is 0. The van der Waals surface area contributed by atoms with Gasteiger partial charge in [0, 0.05) is 0 Å². The molecule has 4 heteroatoms. The predicted molar refractivity (Wildman–Crippen MR) is 43.9 cm³/mol. The van der Waals surface area contributed by atoms with Gasteiger partial charge in [0.1, 0.15) is 6.23 Å². The molecule has 1 heterocycles. The first-order valence-electron chi connectivity index (χ1n) is 4.65. The van der Waals surface area contributed by atoms with Gasteiger partial charge in [0.25, 0.3) is 0 Å². The number of nitrogens with one attached hydrogen (secondary N) is 1. The van der Waals surface area contributed by atoms with E-state index in [2.05, 4.69) is 0 Å². The van der Waals surface area contributed by atoms with E-state index in [0.29, 0.717) is 6.61 Å². The Morgan fingerprint density at radius 2 is 1.92 bits per heavy atom. The normalized spacial score (nSPS) is 31.0. The molecule has 1 aliphatic carbocycles. The zero-order valence-electron chi connectivity index (χ0n) is 7.16. The van der Waals surface area contributed by atoms with Gasteiger partial charge in [-0.2, -0.15) is 0 Å². The van der Waals surface area contributed by atoms with Crippen LogP contribution < -0.4 is 0 Å². The Bertz CT molecular complexity index is 144. The highest BCUT2D eigenvalue weighted by atomic mass is 16.8. The van der Waals surface area contributed by atoms with Gasteiger partial charge in [-0.3, -0.25) is 5.17 Å². The number of hydroxylamine groups is 1. The zero-order valence-corrected chi connectivity index (χ0v) is 7.16. The Morgan fingerprint density at radius 1 is 1.25 bits per heavy atom. The van der Waals surface area contributed by atoms with Crippen molar-refractivity contribution in [1.29, 1.82) is 0 Å². The van der Waals surface area contributed by atoms with Gasteiger partial charge in [0.15, 0.2) is 0 Å². The summed E-state index contributed by atoms with van der Waals surface area (Å²) >= 11 is 0. The van der Waals surface area contributed by atoms with E-state index in [1.165, 1.54) is 19.3 Å². The van der Waals surface area contributed by atoms with E-state index in [4.69, 9.17) is 15.4 Å². The molecule has 1 aliphatic heterocycles. The molecule has 0 spiro atoms. The van der Waals surface area contributed by atoms with Crippen molar-refractivity contribution in [3.05, 3.63) is 5.84 Å². The summed E-state index contributed by atoms with van der Waals surface area (Å²) in [5.74, 6) is 7.41. The van der Waals surface area contributed by atoms with Gasteiger partial charge in [-0.25, -0.2) is 0 Å². The quantitative estimate of drug-likeness (QED) is 0.481. The van der Waals surface area contributed by atoms with E-state index >= 15 is 0 Å². The van der Waals surface area contributed by atoms with Crippen molar-refractivity contribution in [3.63, 3.8) is 0 Å². The van der Waals surface area contributed by atoms with Crippen molar-refractivity contribution in [2.45, 2.75) is 44.4 Å². The van der Waals surface area contributed by atoms with E-state index in [0.717, 1.165) is 18.0 Å². The summed E-state index contributed by atoms with van der Waals surface area (Å²) in [6.07, 6.45) is 6.17. The van der Waals surface area contributed by atoms with Crippen LogP contribution in [0, 0.1) is 0 Å². The van der Waals surface area contributed by atoms with Crippen LogP contribution in [0.15, 0.2) is 0 Å². The third kappa shape index (κ3) is 2.17. The molecule has 1 N–H and O–H groups in total. The largest absolute Gasteiger partial charge is 0.582 e. The molecule has 2 aliphatic rings. The van der Waals surface area contributed by atoms with Crippen LogP contribution in [0.5, 0.6) is 0 Å². The average Bonchev–Trinajstić information content (AvgIpc) is 2.88. The molecular weight excluding hydrogens is 156 g/mol. The molecule has 0 radical (unpaired) electrons. The van der Waals surface area contributed by atoms with Crippen molar-refractivity contribution in [1.82, 2.24) is 5.17 Å². The third-order valence-electron chi connectivity index (χ3n) is 2.39. The van der Waals surface area contributed by atoms with Crippen LogP contribution in [0.4, 0.5) is 0 Å². The summed E-state index contributed by atoms with van der Waals surface area (Å²) in [7, 11) is 0. The molecule has 0 amide bonds. The number of hydrogen-bond acceptors (Lipinski definition) is 3. The fraction of sp³-hybridized carbons (Fsp3) is 1.00. The maximum atomic E-state index is 7.41. The molecule has 1 saturated carbocycles. The van der Waals surface area contributed by atoms with E-state index in [9.17, 15) is 0 Å². The number of ether oxygens (including phenoxy) is 1. The molecule has 2 rings (SSSR count). The lowest BCUT2D eigenvalue weighted by atomic mass is 9.98. The van der Waals surface area contributed by atoms with Crippen LogP contribution in [0.25, 0.3) is 5.84 Å². The first kappa shape index (κ1) is 8.44. The number of nitrogens with zero attached hydrogens (tertiary/aromatic N) is 1. The van der Waals surface area contributed by atoms with Gasteiger partial charge in [-0.15, -0.1) is 0 Å². The Kier molecular flexibility index (Phi) is 2.60. The molecule has 0 bridgehead atoms. The summed E-state index contributed by atoms with van der Waals surface area (Å²) < 4.78 is 4.93. The smallest absolute Gasteiger partial charge is 0.139 e. The maximum absolute atomic E-state index is 7.41. The summed E-state index contributed by atoms with van der Waals surface area (Å²) in [4.78, 5) is 5.39. The van der Waals surface area contributed by atoms with Crippen LogP contribution in [-0.2, 0) is 9.57 Å². The SMILES string of the molecule is [NH-]N(OC1CCCCC1)C1CO1. The van der Waals surface area contributed by atoms with Crippen molar-refractivity contribution in [3.8, 4) is 0 Å². The monoisotopic (exact) mass is 171 g/mol. The minimum Gasteiger partial charge on any atom is -0.582 e. The topological polar surface area (TPSA) is 48.8 Å². The van der Waals surface area contributed by atoms with E-state index in [-0.39, 0.29) is 12.3 Å². The predicted octanol–water partition coefficient (Wildman–Crippen LogP) is 1.88. The van der Waals surface area contributed by atoms with E-state index in [1.54, 1.807) is 0 Å². The highest BCUT2D eigenvalue weighted by molar-refractivity contribution is 4.69. The Labute approximate surface area is 72.5 Å². The lowest BCUT2D eigenvalue weighted by Gasteiger charge is -2.31. The molecular formula is C8H15N2O2-. The fourth-order valence-electron chi connectivity index (χ4n) is 1.58. The average molecular weight is 171 g/mol. The minimum absolute atomic E-state index is 0.0908. The lowest BCUT2D eigenvalue weighted by molar-refractivity contribution is -0.193. The maximum Gasteiger partial charge on any atom is 0.139 e. The first-order valence-corrected chi connectivity index (χ1v) is 4.65. The van der Waals surface area contributed by atoms with E-state index < -0.39 is 0 Å². The van der Waals surface area contributed by atoms with E-state index in [1.807, 2.05) is 0 Å². The zero-order chi connectivity index (χ0) is 8.39.